The number of nitrogens with zero attached hydrogens (tertiary/aromatic N) is 6. The lowest BCUT2D eigenvalue weighted by Crippen LogP contribution is -2.34. The Labute approximate surface area is 151 Å². The van der Waals surface area contributed by atoms with E-state index < -0.39 is 12.7 Å². The van der Waals surface area contributed by atoms with Crippen LogP contribution in [0.15, 0.2) is 30.7 Å². The smallest absolute Gasteiger partial charge is 0.341 e. The molecule has 1 saturated carbocycles. The molecular formula is C16H14ClF3N6. The molecule has 0 aromatic carbocycles. The van der Waals surface area contributed by atoms with Crippen LogP contribution in [-0.2, 0) is 6.54 Å². The predicted molar refractivity (Wildman–Crippen MR) is 89.1 cm³/mol. The van der Waals surface area contributed by atoms with Gasteiger partial charge in [0.15, 0.2) is 5.65 Å². The molecule has 10 heteroatoms. The molecule has 0 N–H and O–H groups in total. The van der Waals surface area contributed by atoms with Crippen molar-refractivity contribution >= 4 is 23.1 Å². The van der Waals surface area contributed by atoms with Crippen molar-refractivity contribution in [3.63, 3.8) is 0 Å². The van der Waals surface area contributed by atoms with Crippen molar-refractivity contribution in [1.82, 2.24) is 24.6 Å². The quantitative estimate of drug-likeness (QED) is 0.631. The molecule has 0 spiro atoms. The molecule has 6 nitrogen and oxygen atoms in total. The van der Waals surface area contributed by atoms with E-state index in [1.165, 1.54) is 6.07 Å². The Bertz CT molecular complexity index is 937. The van der Waals surface area contributed by atoms with Crippen LogP contribution in [0.1, 0.15) is 30.1 Å². The number of halogens is 4. The maximum atomic E-state index is 13.0. The second-order valence-corrected chi connectivity index (χ2v) is 6.62. The van der Waals surface area contributed by atoms with Crippen LogP contribution in [0.4, 0.5) is 19.0 Å². The standard InChI is InChI=1S/C16H14ClF3N6/c17-13-5-15(22-9-21-13)25(8-16(18,19)20)6-11-7-26-14(23-11)4-3-12(24-26)10-1-2-10/h3-5,7,9-10H,1-2,6,8H2. The van der Waals surface area contributed by atoms with E-state index in [2.05, 4.69) is 20.1 Å². The third-order valence-electron chi connectivity index (χ3n) is 4.05. The molecule has 26 heavy (non-hydrogen) atoms. The molecule has 0 unspecified atom stereocenters. The van der Waals surface area contributed by atoms with E-state index in [0.29, 0.717) is 17.3 Å². The summed E-state index contributed by atoms with van der Waals surface area (Å²) in [6, 6.07) is 5.05. The number of alkyl halides is 3. The largest absolute Gasteiger partial charge is 0.405 e. The summed E-state index contributed by atoms with van der Waals surface area (Å²) >= 11 is 5.79. The molecule has 0 bridgehead atoms. The fourth-order valence-corrected chi connectivity index (χ4v) is 2.89. The Morgan fingerprint density at radius 3 is 2.73 bits per heavy atom. The van der Waals surface area contributed by atoms with Gasteiger partial charge in [-0.1, -0.05) is 11.6 Å². The zero-order valence-corrected chi connectivity index (χ0v) is 14.2. The molecule has 136 valence electrons. The highest BCUT2D eigenvalue weighted by atomic mass is 35.5. The molecule has 4 rings (SSSR count). The van der Waals surface area contributed by atoms with E-state index in [1.54, 1.807) is 10.7 Å². The normalized spacial score (nSPS) is 14.8. The zero-order valence-electron chi connectivity index (χ0n) is 13.5. The molecule has 0 aliphatic heterocycles. The molecular weight excluding hydrogens is 369 g/mol. The van der Waals surface area contributed by atoms with E-state index in [0.717, 1.165) is 29.8 Å². The third kappa shape index (κ3) is 3.87. The highest BCUT2D eigenvalue weighted by molar-refractivity contribution is 6.29. The number of anilines is 1. The van der Waals surface area contributed by atoms with Gasteiger partial charge in [0.25, 0.3) is 0 Å². The van der Waals surface area contributed by atoms with Gasteiger partial charge in [0.05, 0.1) is 24.1 Å². The van der Waals surface area contributed by atoms with Gasteiger partial charge in [0, 0.05) is 12.0 Å². The molecule has 3 aromatic heterocycles. The second kappa shape index (κ2) is 6.39. The van der Waals surface area contributed by atoms with Gasteiger partial charge in [-0.25, -0.2) is 19.5 Å². The number of aromatic nitrogens is 5. The van der Waals surface area contributed by atoms with Crippen LogP contribution in [0.3, 0.4) is 0 Å². The summed E-state index contributed by atoms with van der Waals surface area (Å²) in [5.41, 5.74) is 2.04. The van der Waals surface area contributed by atoms with Gasteiger partial charge in [0.2, 0.25) is 0 Å². The summed E-state index contributed by atoms with van der Waals surface area (Å²) in [6.45, 7) is -1.25. The Hall–Kier alpha value is -2.42. The topological polar surface area (TPSA) is 59.2 Å². The molecule has 1 aliphatic rings. The van der Waals surface area contributed by atoms with E-state index in [-0.39, 0.29) is 17.5 Å². The minimum atomic E-state index is -4.39. The Balaban J connectivity index is 1.63. The van der Waals surface area contributed by atoms with Gasteiger partial charge >= 0.3 is 6.18 Å². The molecule has 0 amide bonds. The summed E-state index contributed by atoms with van der Waals surface area (Å²) in [7, 11) is 0. The van der Waals surface area contributed by atoms with Gasteiger partial charge in [-0.05, 0) is 25.0 Å². The fraction of sp³-hybridized carbons (Fsp3) is 0.375. The lowest BCUT2D eigenvalue weighted by atomic mass is 10.3. The average molecular weight is 383 g/mol. The Morgan fingerprint density at radius 1 is 1.23 bits per heavy atom. The first-order valence-corrected chi connectivity index (χ1v) is 8.40. The van der Waals surface area contributed by atoms with Crippen LogP contribution in [0.5, 0.6) is 0 Å². The first kappa shape index (κ1) is 17.0. The summed E-state index contributed by atoms with van der Waals surface area (Å²) < 4.78 is 40.6. The molecule has 0 atom stereocenters. The minimum absolute atomic E-state index is 0.0744. The van der Waals surface area contributed by atoms with Gasteiger partial charge in [-0.3, -0.25) is 0 Å². The number of imidazole rings is 1. The first-order valence-electron chi connectivity index (χ1n) is 8.02. The molecule has 3 heterocycles. The lowest BCUT2D eigenvalue weighted by molar-refractivity contribution is -0.120. The molecule has 0 radical (unpaired) electrons. The average Bonchev–Trinajstić information content (AvgIpc) is 3.33. The summed E-state index contributed by atoms with van der Waals surface area (Å²) in [5, 5.41) is 4.57. The maximum absolute atomic E-state index is 13.0. The van der Waals surface area contributed by atoms with Crippen molar-refractivity contribution in [2.24, 2.45) is 0 Å². The van der Waals surface area contributed by atoms with Crippen molar-refractivity contribution in [2.45, 2.75) is 31.5 Å². The van der Waals surface area contributed by atoms with Crippen LogP contribution in [0.25, 0.3) is 5.65 Å². The Morgan fingerprint density at radius 2 is 2.04 bits per heavy atom. The van der Waals surface area contributed by atoms with Crippen molar-refractivity contribution in [3.05, 3.63) is 47.3 Å². The monoisotopic (exact) mass is 382 g/mol. The highest BCUT2D eigenvalue weighted by Gasteiger charge is 2.32. The highest BCUT2D eigenvalue weighted by Crippen LogP contribution is 2.38. The van der Waals surface area contributed by atoms with E-state index >= 15 is 0 Å². The number of hydrogen-bond donors (Lipinski definition) is 0. The van der Waals surface area contributed by atoms with Crippen LogP contribution in [0.2, 0.25) is 5.15 Å². The van der Waals surface area contributed by atoms with Crippen molar-refractivity contribution in [1.29, 1.82) is 0 Å². The summed E-state index contributed by atoms with van der Waals surface area (Å²) in [6.07, 6.45) is 0.622. The zero-order chi connectivity index (χ0) is 18.3. The molecule has 0 saturated heterocycles. The lowest BCUT2D eigenvalue weighted by Gasteiger charge is -2.23. The number of hydrogen-bond acceptors (Lipinski definition) is 5. The minimum Gasteiger partial charge on any atom is -0.341 e. The molecule has 1 fully saturated rings. The van der Waals surface area contributed by atoms with Crippen LogP contribution < -0.4 is 4.90 Å². The van der Waals surface area contributed by atoms with Gasteiger partial charge in [0.1, 0.15) is 23.8 Å². The van der Waals surface area contributed by atoms with Gasteiger partial charge < -0.3 is 4.90 Å². The summed E-state index contributed by atoms with van der Waals surface area (Å²) in [4.78, 5) is 13.0. The third-order valence-corrected chi connectivity index (χ3v) is 4.26. The van der Waals surface area contributed by atoms with E-state index in [9.17, 15) is 13.2 Å². The molecule has 3 aromatic rings. The number of fused-ring (bicyclic) bond motifs is 1. The fourth-order valence-electron chi connectivity index (χ4n) is 2.75. The SMILES string of the molecule is FC(F)(F)CN(Cc1cn2nc(C3CC3)ccc2n1)c1cc(Cl)ncn1. The van der Waals surface area contributed by atoms with Crippen LogP contribution in [0, 0.1) is 0 Å². The second-order valence-electron chi connectivity index (χ2n) is 6.24. The maximum Gasteiger partial charge on any atom is 0.405 e. The first-order chi connectivity index (χ1) is 12.4. The predicted octanol–water partition coefficient (Wildman–Crippen LogP) is 3.62. The summed E-state index contributed by atoms with van der Waals surface area (Å²) in [5.74, 6) is 0.571. The van der Waals surface area contributed by atoms with Crippen molar-refractivity contribution in [3.8, 4) is 0 Å². The van der Waals surface area contributed by atoms with Gasteiger partial charge in [-0.15, -0.1) is 0 Å². The van der Waals surface area contributed by atoms with Crippen LogP contribution >= 0.6 is 11.6 Å². The van der Waals surface area contributed by atoms with E-state index in [1.807, 2.05) is 12.1 Å². The van der Waals surface area contributed by atoms with Crippen LogP contribution in [-0.4, -0.2) is 37.3 Å². The Kier molecular flexibility index (Phi) is 4.18. The van der Waals surface area contributed by atoms with Gasteiger partial charge in [-0.2, -0.15) is 18.3 Å². The van der Waals surface area contributed by atoms with Crippen molar-refractivity contribution < 1.29 is 13.2 Å². The number of rotatable bonds is 5. The molecule has 1 aliphatic carbocycles. The van der Waals surface area contributed by atoms with E-state index in [4.69, 9.17) is 11.6 Å². The van der Waals surface area contributed by atoms with Crippen molar-refractivity contribution in [2.75, 3.05) is 11.4 Å².